The van der Waals surface area contributed by atoms with Gasteiger partial charge in [-0.25, -0.2) is 0 Å². The third kappa shape index (κ3) is 2.29. The summed E-state index contributed by atoms with van der Waals surface area (Å²) in [6.07, 6.45) is 5.87. The second-order valence-electron chi connectivity index (χ2n) is 9.10. The molecular weight excluding hydrogens is 304 g/mol. The molecule has 4 nitrogen and oxygen atoms in total. The van der Waals surface area contributed by atoms with Gasteiger partial charge >= 0.3 is 5.97 Å². The molecule has 0 aromatic rings. The first-order valence-electron chi connectivity index (χ1n) is 9.26. The molecule has 0 heterocycles. The summed E-state index contributed by atoms with van der Waals surface area (Å²) in [5.74, 6) is -0.641. The summed E-state index contributed by atoms with van der Waals surface area (Å²) in [7, 11) is 0. The van der Waals surface area contributed by atoms with Crippen LogP contribution in [-0.2, 0) is 9.59 Å². The van der Waals surface area contributed by atoms with E-state index in [0.717, 1.165) is 18.4 Å². The quantitative estimate of drug-likeness (QED) is 0.809. The van der Waals surface area contributed by atoms with Gasteiger partial charge in [-0.15, -0.1) is 0 Å². The van der Waals surface area contributed by atoms with Gasteiger partial charge in [0.2, 0.25) is 0 Å². The van der Waals surface area contributed by atoms with Gasteiger partial charge in [0.05, 0.1) is 11.0 Å². The van der Waals surface area contributed by atoms with E-state index < -0.39 is 17.0 Å². The summed E-state index contributed by atoms with van der Waals surface area (Å²) in [4.78, 5) is 24.6. The van der Waals surface area contributed by atoms with Crippen LogP contribution in [0.25, 0.3) is 0 Å². The van der Waals surface area contributed by atoms with Gasteiger partial charge in [0.25, 0.3) is 0 Å². The van der Waals surface area contributed by atoms with Crippen LogP contribution in [0.4, 0.5) is 0 Å². The number of allylic oxidation sites excluding steroid dienone is 1. The number of aliphatic hydroxyl groups is 1. The van der Waals surface area contributed by atoms with Crippen molar-refractivity contribution in [3.63, 3.8) is 0 Å². The molecule has 0 saturated heterocycles. The first-order valence-corrected chi connectivity index (χ1v) is 9.26. The fraction of sp³-hybridized carbons (Fsp3) is 0.800. The van der Waals surface area contributed by atoms with Crippen molar-refractivity contribution in [3.8, 4) is 0 Å². The molecule has 2 N–H and O–H groups in total. The molecule has 0 aromatic heterocycles. The predicted molar refractivity (Wildman–Crippen MR) is 91.4 cm³/mol. The van der Waals surface area contributed by atoms with Gasteiger partial charge in [-0.3, -0.25) is 9.59 Å². The number of aliphatic carboxylic acids is 1. The highest BCUT2D eigenvalue weighted by Crippen LogP contribution is 2.64. The number of carbonyl (C=O) groups is 2. The number of rotatable bonds is 2. The Hall–Kier alpha value is -1.16. The smallest absolute Gasteiger partial charge is 0.309 e. The number of carboxylic acids is 1. The summed E-state index contributed by atoms with van der Waals surface area (Å²) >= 11 is 0. The number of hydrogen-bond donors (Lipinski definition) is 2. The number of Topliss-reactive ketones (excluding diaryl/α,β-unsaturated/α-hetero) is 1. The molecular formula is C20H30O4. The normalized spacial score (nSPS) is 45.4. The van der Waals surface area contributed by atoms with Crippen LogP contribution in [-0.4, -0.2) is 27.6 Å². The molecule has 0 bridgehead atoms. The monoisotopic (exact) mass is 334 g/mol. The van der Waals surface area contributed by atoms with E-state index in [0.29, 0.717) is 25.7 Å². The van der Waals surface area contributed by atoms with Gasteiger partial charge in [0.1, 0.15) is 0 Å². The third-order valence-corrected chi connectivity index (χ3v) is 7.44. The number of ketones is 1. The third-order valence-electron chi connectivity index (χ3n) is 7.44. The highest BCUT2D eigenvalue weighted by molar-refractivity contribution is 5.97. The zero-order chi connectivity index (χ0) is 17.9. The number of carbonyl (C=O) groups excluding carboxylic acids is 1. The molecule has 2 saturated carbocycles. The van der Waals surface area contributed by atoms with Gasteiger partial charge in [-0.05, 0) is 61.5 Å². The van der Waals surface area contributed by atoms with Gasteiger partial charge in [-0.1, -0.05) is 27.2 Å². The predicted octanol–water partition coefficient (Wildman–Crippen LogP) is 3.58. The molecule has 0 radical (unpaired) electrons. The van der Waals surface area contributed by atoms with Crippen LogP contribution in [0.3, 0.4) is 0 Å². The molecule has 3 aliphatic carbocycles. The molecule has 4 heteroatoms. The lowest BCUT2D eigenvalue weighted by Gasteiger charge is -2.61. The van der Waals surface area contributed by atoms with E-state index in [1.807, 2.05) is 26.8 Å². The van der Waals surface area contributed by atoms with Crippen LogP contribution in [0.1, 0.15) is 66.2 Å². The highest BCUT2D eigenvalue weighted by Gasteiger charge is 2.63. The Kier molecular flexibility index (Phi) is 3.99. The lowest BCUT2D eigenvalue weighted by Crippen LogP contribution is -2.61. The van der Waals surface area contributed by atoms with Crippen molar-refractivity contribution in [2.75, 3.05) is 0 Å². The molecule has 2 fully saturated rings. The average molecular weight is 334 g/mol. The Morgan fingerprint density at radius 2 is 1.88 bits per heavy atom. The molecule has 24 heavy (non-hydrogen) atoms. The van der Waals surface area contributed by atoms with Gasteiger partial charge in [-0.2, -0.15) is 0 Å². The van der Waals surface area contributed by atoms with Gasteiger partial charge in [0.15, 0.2) is 5.78 Å². The van der Waals surface area contributed by atoms with Crippen LogP contribution in [0.15, 0.2) is 11.6 Å². The van der Waals surface area contributed by atoms with Crippen molar-refractivity contribution in [2.45, 2.75) is 71.8 Å². The van der Waals surface area contributed by atoms with Crippen molar-refractivity contribution in [3.05, 3.63) is 11.6 Å². The van der Waals surface area contributed by atoms with Crippen LogP contribution in [0.2, 0.25) is 0 Å². The zero-order valence-corrected chi connectivity index (χ0v) is 15.3. The molecule has 0 aromatic carbocycles. The summed E-state index contributed by atoms with van der Waals surface area (Å²) in [6.45, 7) is 7.96. The maximum absolute atomic E-state index is 12.6. The lowest BCUT2D eigenvalue weighted by atomic mass is 9.43. The van der Waals surface area contributed by atoms with E-state index in [1.165, 1.54) is 0 Å². The van der Waals surface area contributed by atoms with Gasteiger partial charge < -0.3 is 10.2 Å². The van der Waals surface area contributed by atoms with Crippen LogP contribution in [0.5, 0.6) is 0 Å². The van der Waals surface area contributed by atoms with Crippen molar-refractivity contribution in [1.29, 1.82) is 0 Å². The Morgan fingerprint density at radius 3 is 2.46 bits per heavy atom. The van der Waals surface area contributed by atoms with Crippen molar-refractivity contribution < 1.29 is 19.8 Å². The molecule has 134 valence electrons. The minimum atomic E-state index is -0.963. The molecule has 0 aliphatic heterocycles. The first kappa shape index (κ1) is 17.7. The largest absolute Gasteiger partial charge is 0.481 e. The second kappa shape index (κ2) is 5.42. The lowest BCUT2D eigenvalue weighted by molar-refractivity contribution is -0.186. The Bertz CT molecular complexity index is 607. The highest BCUT2D eigenvalue weighted by atomic mass is 16.4. The van der Waals surface area contributed by atoms with Crippen LogP contribution < -0.4 is 0 Å². The standard InChI is InChI=1S/C20H30O4/c1-12(2)13-11-20(24)9-6-15-18(3,16(20)10-14(13)21)7-5-8-19(15,4)17(22)23/h11-12,15-16,24H,5-10H2,1-4H3,(H,22,23)/t15-,16+,18+,19-,20-/m1/s1. The van der Waals surface area contributed by atoms with Crippen molar-refractivity contribution >= 4 is 11.8 Å². The fourth-order valence-corrected chi connectivity index (χ4v) is 6.08. The molecule has 0 unspecified atom stereocenters. The molecule has 0 amide bonds. The summed E-state index contributed by atoms with van der Waals surface area (Å²) in [5, 5.41) is 21.2. The topological polar surface area (TPSA) is 74.6 Å². The second-order valence-corrected chi connectivity index (χ2v) is 9.10. The van der Waals surface area contributed by atoms with E-state index in [-0.39, 0.29) is 29.0 Å². The maximum Gasteiger partial charge on any atom is 0.309 e. The fourth-order valence-electron chi connectivity index (χ4n) is 6.08. The Morgan fingerprint density at radius 1 is 1.21 bits per heavy atom. The summed E-state index contributed by atoms with van der Waals surface area (Å²) in [6, 6.07) is 0. The molecule has 5 atom stereocenters. The Labute approximate surface area is 144 Å². The van der Waals surface area contributed by atoms with E-state index in [1.54, 1.807) is 0 Å². The SMILES string of the molecule is CC(C)C1=C[C@]2(O)CC[C@@H]3[C@](C)(CCC[C@@]3(C)C(=O)O)[C@@H]2CC1=O. The number of fused-ring (bicyclic) bond motifs is 3. The van der Waals surface area contributed by atoms with Crippen LogP contribution >= 0.6 is 0 Å². The summed E-state index contributed by atoms with van der Waals surface area (Å²) in [5.41, 5.74) is -1.27. The van der Waals surface area contributed by atoms with Crippen molar-refractivity contribution in [2.24, 2.45) is 28.6 Å². The average Bonchev–Trinajstić information content (AvgIpc) is 2.47. The molecule has 3 aliphatic rings. The zero-order valence-electron chi connectivity index (χ0n) is 15.3. The van der Waals surface area contributed by atoms with Crippen LogP contribution in [0, 0.1) is 28.6 Å². The first-order chi connectivity index (χ1) is 11.0. The number of carboxylic acid groups (broad SMARTS) is 1. The van der Waals surface area contributed by atoms with Gasteiger partial charge in [0, 0.05) is 12.3 Å². The van der Waals surface area contributed by atoms with E-state index in [4.69, 9.17) is 0 Å². The minimum Gasteiger partial charge on any atom is -0.481 e. The van der Waals surface area contributed by atoms with E-state index in [9.17, 15) is 19.8 Å². The van der Waals surface area contributed by atoms with E-state index >= 15 is 0 Å². The maximum atomic E-state index is 12.6. The molecule has 0 spiro atoms. The minimum absolute atomic E-state index is 0.0170. The van der Waals surface area contributed by atoms with E-state index in [2.05, 4.69) is 6.92 Å². The molecule has 3 rings (SSSR count). The number of hydrogen-bond acceptors (Lipinski definition) is 3. The van der Waals surface area contributed by atoms with Crippen molar-refractivity contribution in [1.82, 2.24) is 0 Å². The Balaban J connectivity index is 2.05. The summed E-state index contributed by atoms with van der Waals surface area (Å²) < 4.78 is 0.